The van der Waals surface area contributed by atoms with Gasteiger partial charge in [-0.25, -0.2) is 8.42 Å². The highest BCUT2D eigenvalue weighted by Crippen LogP contribution is 2.48. The van der Waals surface area contributed by atoms with E-state index in [1.54, 1.807) is 12.1 Å². The van der Waals surface area contributed by atoms with Gasteiger partial charge in [-0.3, -0.25) is 0 Å². The van der Waals surface area contributed by atoms with Crippen LogP contribution in [0.5, 0.6) is 0 Å². The Labute approximate surface area is 103 Å². The molecule has 2 N–H and O–H groups in total. The third-order valence-electron chi connectivity index (χ3n) is 3.72. The lowest BCUT2D eigenvalue weighted by molar-refractivity contribution is 0.498. The molecule has 1 saturated carbocycles. The van der Waals surface area contributed by atoms with Crippen molar-refractivity contribution in [2.45, 2.75) is 31.1 Å². The van der Waals surface area contributed by atoms with Gasteiger partial charge in [0.15, 0.2) is 9.84 Å². The molecule has 0 bridgehead atoms. The normalized spacial score (nSPS) is 18.0. The molecule has 0 aromatic heterocycles. The van der Waals surface area contributed by atoms with Crippen molar-refractivity contribution >= 4 is 9.84 Å². The fraction of sp³-hybridized carbons (Fsp3) is 0.538. The summed E-state index contributed by atoms with van der Waals surface area (Å²) in [5.74, 6) is 0.217. The Hall–Kier alpha value is -0.870. The van der Waals surface area contributed by atoms with Gasteiger partial charge < -0.3 is 5.73 Å². The maximum atomic E-state index is 12.2. The number of benzene rings is 1. The second-order valence-electron chi connectivity index (χ2n) is 5.04. The van der Waals surface area contributed by atoms with Crippen LogP contribution in [0, 0.1) is 12.3 Å². The lowest BCUT2D eigenvalue weighted by Gasteiger charge is -2.13. The first-order valence-electron chi connectivity index (χ1n) is 5.98. The maximum Gasteiger partial charge on any atom is 0.178 e. The van der Waals surface area contributed by atoms with Crippen LogP contribution < -0.4 is 5.73 Å². The minimum absolute atomic E-state index is 0.121. The van der Waals surface area contributed by atoms with Crippen molar-refractivity contribution in [3.05, 3.63) is 29.8 Å². The van der Waals surface area contributed by atoms with Crippen LogP contribution in [0.3, 0.4) is 0 Å². The van der Waals surface area contributed by atoms with Crippen LogP contribution in [0.15, 0.2) is 29.2 Å². The first kappa shape index (κ1) is 12.6. The Morgan fingerprint density at radius 2 is 1.94 bits per heavy atom. The third kappa shape index (κ3) is 2.69. The molecule has 3 nitrogen and oxygen atoms in total. The van der Waals surface area contributed by atoms with E-state index in [1.807, 2.05) is 19.1 Å². The lowest BCUT2D eigenvalue weighted by atomic mass is 10.1. The van der Waals surface area contributed by atoms with Gasteiger partial charge in [0.25, 0.3) is 0 Å². The quantitative estimate of drug-likeness (QED) is 0.872. The Morgan fingerprint density at radius 1 is 1.29 bits per heavy atom. The Balaban J connectivity index is 2.12. The van der Waals surface area contributed by atoms with Gasteiger partial charge in [-0.1, -0.05) is 18.2 Å². The van der Waals surface area contributed by atoms with Crippen molar-refractivity contribution < 1.29 is 8.42 Å². The molecule has 17 heavy (non-hydrogen) atoms. The van der Waals surface area contributed by atoms with Gasteiger partial charge in [-0.2, -0.15) is 0 Å². The number of hydrogen-bond donors (Lipinski definition) is 1. The molecular formula is C13H19NO2S. The van der Waals surface area contributed by atoms with Gasteiger partial charge in [0.1, 0.15) is 0 Å². The van der Waals surface area contributed by atoms with Gasteiger partial charge >= 0.3 is 0 Å². The van der Waals surface area contributed by atoms with Crippen molar-refractivity contribution in [3.8, 4) is 0 Å². The minimum Gasteiger partial charge on any atom is -0.330 e. The second-order valence-corrected chi connectivity index (χ2v) is 7.12. The Morgan fingerprint density at radius 3 is 2.47 bits per heavy atom. The summed E-state index contributed by atoms with van der Waals surface area (Å²) in [5.41, 5.74) is 6.62. The van der Waals surface area contributed by atoms with Gasteiger partial charge in [-0.15, -0.1) is 0 Å². The summed E-state index contributed by atoms with van der Waals surface area (Å²) in [6.45, 7) is 2.44. The average molecular weight is 253 g/mol. The number of aryl methyl sites for hydroxylation is 1. The van der Waals surface area contributed by atoms with E-state index in [2.05, 4.69) is 0 Å². The summed E-state index contributed by atoms with van der Waals surface area (Å²) in [6, 6.07) is 7.15. The molecule has 0 radical (unpaired) electrons. The predicted octanol–water partition coefficient (Wildman–Crippen LogP) is 1.90. The van der Waals surface area contributed by atoms with E-state index < -0.39 is 9.84 Å². The summed E-state index contributed by atoms with van der Waals surface area (Å²) in [4.78, 5) is 0.466. The van der Waals surface area contributed by atoms with E-state index in [-0.39, 0.29) is 11.2 Å². The van der Waals surface area contributed by atoms with Crippen molar-refractivity contribution in [1.29, 1.82) is 0 Å². The van der Waals surface area contributed by atoms with Crippen LogP contribution in [0.1, 0.15) is 24.8 Å². The highest BCUT2D eigenvalue weighted by Gasteiger charge is 2.41. The summed E-state index contributed by atoms with van der Waals surface area (Å²) in [6.07, 6.45) is 2.85. The van der Waals surface area contributed by atoms with Crippen molar-refractivity contribution in [1.82, 2.24) is 0 Å². The Kier molecular flexibility index (Phi) is 3.27. The van der Waals surface area contributed by atoms with E-state index in [0.29, 0.717) is 17.9 Å². The van der Waals surface area contributed by atoms with Crippen LogP contribution in [-0.2, 0) is 9.84 Å². The first-order chi connectivity index (χ1) is 7.99. The molecule has 1 aliphatic carbocycles. The molecule has 0 unspecified atom stereocenters. The highest BCUT2D eigenvalue weighted by molar-refractivity contribution is 7.91. The minimum atomic E-state index is -3.15. The van der Waals surface area contributed by atoms with Crippen molar-refractivity contribution in [3.63, 3.8) is 0 Å². The van der Waals surface area contributed by atoms with E-state index >= 15 is 0 Å². The zero-order valence-electron chi connectivity index (χ0n) is 10.1. The lowest BCUT2D eigenvalue weighted by Crippen LogP contribution is -2.20. The smallest absolute Gasteiger partial charge is 0.178 e. The molecule has 0 aliphatic heterocycles. The number of sulfone groups is 1. The SMILES string of the molecule is Cc1ccccc1S(=O)(=O)CCC1(CN)CC1. The van der Waals surface area contributed by atoms with Crippen LogP contribution in [0.25, 0.3) is 0 Å². The molecule has 1 aromatic carbocycles. The van der Waals surface area contributed by atoms with Crippen LogP contribution in [0.2, 0.25) is 0 Å². The largest absolute Gasteiger partial charge is 0.330 e. The van der Waals surface area contributed by atoms with E-state index in [0.717, 1.165) is 18.4 Å². The summed E-state index contributed by atoms with van der Waals surface area (Å²) in [5, 5.41) is 0. The number of rotatable bonds is 5. The fourth-order valence-electron chi connectivity index (χ4n) is 2.10. The monoisotopic (exact) mass is 253 g/mol. The number of hydrogen-bond acceptors (Lipinski definition) is 3. The van der Waals surface area contributed by atoms with Crippen LogP contribution >= 0.6 is 0 Å². The first-order valence-corrected chi connectivity index (χ1v) is 7.63. The van der Waals surface area contributed by atoms with E-state index in [9.17, 15) is 8.42 Å². The summed E-state index contributed by atoms with van der Waals surface area (Å²) in [7, 11) is -3.15. The van der Waals surface area contributed by atoms with Gasteiger partial charge in [-0.05, 0) is 49.8 Å². The van der Waals surface area contributed by atoms with Gasteiger partial charge in [0.2, 0.25) is 0 Å². The second kappa shape index (κ2) is 4.42. The topological polar surface area (TPSA) is 60.2 Å². The molecule has 94 valence electrons. The zero-order valence-corrected chi connectivity index (χ0v) is 11.0. The van der Waals surface area contributed by atoms with Gasteiger partial charge in [0, 0.05) is 0 Å². The number of nitrogens with two attached hydrogens (primary N) is 1. The van der Waals surface area contributed by atoms with E-state index in [1.165, 1.54) is 0 Å². The average Bonchev–Trinajstić information content (AvgIpc) is 3.08. The Bertz CT molecular complexity index is 504. The maximum absolute atomic E-state index is 12.2. The van der Waals surface area contributed by atoms with Crippen LogP contribution in [0.4, 0.5) is 0 Å². The van der Waals surface area contributed by atoms with Crippen molar-refractivity contribution in [2.75, 3.05) is 12.3 Å². The molecule has 4 heteroatoms. The summed E-state index contributed by atoms with van der Waals surface area (Å²) < 4.78 is 24.4. The third-order valence-corrected chi connectivity index (χ3v) is 5.59. The fourth-order valence-corrected chi connectivity index (χ4v) is 3.87. The molecule has 1 aromatic rings. The molecule has 1 fully saturated rings. The zero-order chi connectivity index (χ0) is 12.5. The standard InChI is InChI=1S/C13H19NO2S/c1-11-4-2-3-5-12(11)17(15,16)9-8-13(10-14)6-7-13/h2-5H,6-10,14H2,1H3. The molecule has 0 atom stereocenters. The molecule has 2 rings (SSSR count). The molecule has 0 amide bonds. The highest BCUT2D eigenvalue weighted by atomic mass is 32.2. The van der Waals surface area contributed by atoms with Gasteiger partial charge in [0.05, 0.1) is 10.6 Å². The molecule has 1 aliphatic rings. The molecule has 0 spiro atoms. The van der Waals surface area contributed by atoms with Crippen LogP contribution in [-0.4, -0.2) is 20.7 Å². The molecule has 0 heterocycles. The summed E-state index contributed by atoms with van der Waals surface area (Å²) >= 11 is 0. The molecule has 0 saturated heterocycles. The molecular weight excluding hydrogens is 234 g/mol. The predicted molar refractivity (Wildman–Crippen MR) is 68.6 cm³/mol. The van der Waals surface area contributed by atoms with Crippen molar-refractivity contribution in [2.24, 2.45) is 11.1 Å². The van der Waals surface area contributed by atoms with E-state index in [4.69, 9.17) is 5.73 Å².